The Balaban J connectivity index is 1.50. The minimum atomic E-state index is -0.254. The van der Waals surface area contributed by atoms with Crippen molar-refractivity contribution in [1.29, 1.82) is 0 Å². The molecule has 0 aliphatic carbocycles. The molecule has 4 rings (SSSR count). The van der Waals surface area contributed by atoms with E-state index in [2.05, 4.69) is 20.7 Å². The number of nitrogens with zero attached hydrogens (tertiary/aromatic N) is 4. The number of nitrogens with one attached hydrogen (secondary N) is 1. The molecule has 4 aromatic rings. The molecule has 0 saturated heterocycles. The average molecular weight is 492 g/mol. The average Bonchev–Trinajstić information content (AvgIpc) is 3.28. The highest BCUT2D eigenvalue weighted by Gasteiger charge is 2.17. The number of carbonyl (C=O) groups is 1. The van der Waals surface area contributed by atoms with Gasteiger partial charge in [0.25, 0.3) is 5.91 Å². The smallest absolute Gasteiger partial charge is 0.250 e. The lowest BCUT2D eigenvalue weighted by molar-refractivity contribution is -0.118. The van der Waals surface area contributed by atoms with Crippen molar-refractivity contribution in [1.82, 2.24) is 20.2 Å². The Morgan fingerprint density at radius 1 is 1.12 bits per heavy atom. The molecule has 0 aliphatic heterocycles. The summed E-state index contributed by atoms with van der Waals surface area (Å²) < 4.78 is 7.12. The van der Waals surface area contributed by atoms with Crippen molar-refractivity contribution in [3.63, 3.8) is 0 Å². The van der Waals surface area contributed by atoms with Crippen LogP contribution in [-0.2, 0) is 4.79 Å². The van der Waals surface area contributed by atoms with Crippen LogP contribution in [0.4, 0.5) is 0 Å². The first-order chi connectivity index (χ1) is 16.5. The van der Waals surface area contributed by atoms with Crippen molar-refractivity contribution in [2.24, 2.45) is 5.10 Å². The number of hydrazone groups is 1. The van der Waals surface area contributed by atoms with E-state index in [4.69, 9.17) is 16.3 Å². The van der Waals surface area contributed by atoms with Gasteiger partial charge in [-0.3, -0.25) is 9.36 Å². The third-order valence-corrected chi connectivity index (χ3v) is 6.04. The van der Waals surface area contributed by atoms with Gasteiger partial charge in [0, 0.05) is 16.3 Å². The van der Waals surface area contributed by atoms with Crippen LogP contribution in [0.1, 0.15) is 11.1 Å². The number of hydrogen-bond donors (Lipinski definition) is 1. The van der Waals surface area contributed by atoms with Gasteiger partial charge in [-0.05, 0) is 61.0 Å². The summed E-state index contributed by atoms with van der Waals surface area (Å²) in [6.45, 7) is 2.03. The van der Waals surface area contributed by atoms with Crippen LogP contribution < -0.4 is 10.2 Å². The normalized spacial score (nSPS) is 11.0. The van der Waals surface area contributed by atoms with Gasteiger partial charge in [0.2, 0.25) is 0 Å². The van der Waals surface area contributed by atoms with Crippen LogP contribution >= 0.6 is 23.4 Å². The Morgan fingerprint density at radius 2 is 1.88 bits per heavy atom. The highest BCUT2D eigenvalue weighted by Crippen LogP contribution is 2.28. The summed E-state index contributed by atoms with van der Waals surface area (Å²) in [5, 5.41) is 14.0. The quantitative estimate of drug-likeness (QED) is 0.209. The van der Waals surface area contributed by atoms with Crippen molar-refractivity contribution < 1.29 is 9.53 Å². The number of benzene rings is 3. The molecule has 0 aliphatic rings. The maximum Gasteiger partial charge on any atom is 0.250 e. The fourth-order valence-electron chi connectivity index (χ4n) is 3.14. The monoisotopic (exact) mass is 491 g/mol. The number of methoxy groups -OCH3 is 1. The lowest BCUT2D eigenvalue weighted by atomic mass is 10.2. The summed E-state index contributed by atoms with van der Waals surface area (Å²) in [7, 11) is 1.60. The van der Waals surface area contributed by atoms with Gasteiger partial charge in [-0.1, -0.05) is 53.2 Å². The summed E-state index contributed by atoms with van der Waals surface area (Å²) in [5.74, 6) is 1.26. The van der Waals surface area contributed by atoms with E-state index in [1.165, 1.54) is 11.8 Å². The van der Waals surface area contributed by atoms with E-state index >= 15 is 0 Å². The van der Waals surface area contributed by atoms with Gasteiger partial charge in [-0.25, -0.2) is 5.43 Å². The standard InChI is InChI=1S/C25H22ClN5O2S/c1-17-6-12-21(13-7-17)31-24(19-8-10-20(26)11-9-19)29-30-25(31)34-16-23(32)28-27-15-18-4-3-5-22(14-18)33-2/h3-15H,16H2,1-2H3,(H,28,32). The zero-order valence-electron chi connectivity index (χ0n) is 18.6. The molecule has 0 fully saturated rings. The minimum absolute atomic E-state index is 0.125. The Kier molecular flexibility index (Phi) is 7.61. The number of aryl methyl sites for hydroxylation is 1. The van der Waals surface area contributed by atoms with Gasteiger partial charge in [-0.15, -0.1) is 10.2 Å². The number of hydrogen-bond acceptors (Lipinski definition) is 6. The number of thioether (sulfide) groups is 1. The maximum atomic E-state index is 12.4. The fourth-order valence-corrected chi connectivity index (χ4v) is 4.01. The topological polar surface area (TPSA) is 81.4 Å². The van der Waals surface area contributed by atoms with Crippen molar-refractivity contribution in [3.8, 4) is 22.8 Å². The molecule has 0 unspecified atom stereocenters. The molecule has 1 aromatic heterocycles. The van der Waals surface area contributed by atoms with E-state index in [0.717, 1.165) is 28.1 Å². The minimum Gasteiger partial charge on any atom is -0.497 e. The highest BCUT2D eigenvalue weighted by atomic mass is 35.5. The van der Waals surface area contributed by atoms with Gasteiger partial charge in [-0.2, -0.15) is 5.10 Å². The molecule has 1 heterocycles. The van der Waals surface area contributed by atoms with Crippen molar-refractivity contribution in [3.05, 3.63) is 88.9 Å². The number of ether oxygens (including phenoxy) is 1. The van der Waals surface area contributed by atoms with Gasteiger partial charge < -0.3 is 4.74 Å². The third-order valence-electron chi connectivity index (χ3n) is 4.86. The number of amides is 1. The molecule has 1 N–H and O–H groups in total. The fraction of sp³-hybridized carbons (Fsp3) is 0.120. The van der Waals surface area contributed by atoms with Crippen LogP contribution in [-0.4, -0.2) is 39.7 Å². The molecular formula is C25H22ClN5O2S. The summed E-state index contributed by atoms with van der Waals surface area (Å²) in [5.41, 5.74) is 6.29. The van der Waals surface area contributed by atoms with Crippen molar-refractivity contribution >= 4 is 35.5 Å². The van der Waals surface area contributed by atoms with E-state index in [0.29, 0.717) is 16.0 Å². The van der Waals surface area contributed by atoms with Gasteiger partial charge in [0.05, 0.1) is 19.1 Å². The summed E-state index contributed by atoms with van der Waals surface area (Å²) in [6, 6.07) is 22.9. The third kappa shape index (κ3) is 5.84. The van der Waals surface area contributed by atoms with E-state index < -0.39 is 0 Å². The predicted octanol–water partition coefficient (Wildman–Crippen LogP) is 5.15. The lowest BCUT2D eigenvalue weighted by Crippen LogP contribution is -2.20. The second-order valence-corrected chi connectivity index (χ2v) is 8.72. The molecule has 172 valence electrons. The van der Waals surface area contributed by atoms with Crippen LogP contribution in [0.25, 0.3) is 17.1 Å². The molecule has 0 spiro atoms. The number of rotatable bonds is 8. The SMILES string of the molecule is COc1cccc(C=NNC(=O)CSc2nnc(-c3ccc(Cl)cc3)n2-c2ccc(C)cc2)c1. The number of halogens is 1. The Hall–Kier alpha value is -3.62. The molecule has 0 atom stereocenters. The highest BCUT2D eigenvalue weighted by molar-refractivity contribution is 7.99. The predicted molar refractivity (Wildman–Crippen MR) is 136 cm³/mol. The van der Waals surface area contributed by atoms with Gasteiger partial charge >= 0.3 is 0 Å². The molecule has 0 radical (unpaired) electrons. The van der Waals surface area contributed by atoms with E-state index in [1.807, 2.05) is 84.3 Å². The molecule has 9 heteroatoms. The van der Waals surface area contributed by atoms with Crippen molar-refractivity contribution in [2.45, 2.75) is 12.1 Å². The van der Waals surface area contributed by atoms with E-state index in [9.17, 15) is 4.79 Å². The molecule has 3 aromatic carbocycles. The lowest BCUT2D eigenvalue weighted by Gasteiger charge is -2.10. The van der Waals surface area contributed by atoms with Crippen LogP contribution in [0, 0.1) is 6.92 Å². The molecule has 34 heavy (non-hydrogen) atoms. The van der Waals surface area contributed by atoms with Crippen LogP contribution in [0.3, 0.4) is 0 Å². The largest absolute Gasteiger partial charge is 0.497 e. The summed E-state index contributed by atoms with van der Waals surface area (Å²) in [6.07, 6.45) is 1.57. The zero-order valence-corrected chi connectivity index (χ0v) is 20.2. The second kappa shape index (κ2) is 11.0. The first-order valence-corrected chi connectivity index (χ1v) is 11.8. The molecule has 0 bridgehead atoms. The molecule has 7 nitrogen and oxygen atoms in total. The summed E-state index contributed by atoms with van der Waals surface area (Å²) >= 11 is 7.33. The second-order valence-electron chi connectivity index (χ2n) is 7.34. The Morgan fingerprint density at radius 3 is 2.62 bits per heavy atom. The molecule has 1 amide bonds. The first-order valence-electron chi connectivity index (χ1n) is 10.4. The van der Waals surface area contributed by atoms with Crippen LogP contribution in [0.15, 0.2) is 83.1 Å². The Labute approximate surface area is 206 Å². The van der Waals surface area contributed by atoms with E-state index in [-0.39, 0.29) is 11.7 Å². The van der Waals surface area contributed by atoms with Crippen LogP contribution in [0.5, 0.6) is 5.75 Å². The maximum absolute atomic E-state index is 12.4. The number of carbonyl (C=O) groups excluding carboxylic acids is 1. The summed E-state index contributed by atoms with van der Waals surface area (Å²) in [4.78, 5) is 12.4. The Bertz CT molecular complexity index is 1300. The zero-order chi connectivity index (χ0) is 23.9. The number of aromatic nitrogens is 3. The van der Waals surface area contributed by atoms with Gasteiger partial charge in [0.15, 0.2) is 11.0 Å². The first kappa shape index (κ1) is 23.5. The molecular weight excluding hydrogens is 470 g/mol. The van der Waals surface area contributed by atoms with E-state index in [1.54, 1.807) is 13.3 Å². The van der Waals surface area contributed by atoms with Crippen molar-refractivity contribution in [2.75, 3.05) is 12.9 Å². The van der Waals surface area contributed by atoms with Crippen LogP contribution in [0.2, 0.25) is 5.02 Å². The molecule has 0 saturated carbocycles. The van der Waals surface area contributed by atoms with Gasteiger partial charge in [0.1, 0.15) is 5.75 Å².